The number of carbonyl (C=O) groups excluding carboxylic acids is 1. The Labute approximate surface area is 145 Å². The van der Waals surface area contributed by atoms with E-state index in [-0.39, 0.29) is 5.91 Å². The average molecular weight is 353 g/mol. The van der Waals surface area contributed by atoms with Gasteiger partial charge in [-0.05, 0) is 56.7 Å². The predicted octanol–water partition coefficient (Wildman–Crippen LogP) is 2.86. The van der Waals surface area contributed by atoms with Crippen LogP contribution in [0.15, 0.2) is 18.2 Å². The molecule has 1 atom stereocenters. The van der Waals surface area contributed by atoms with Gasteiger partial charge < -0.3 is 4.90 Å². The van der Waals surface area contributed by atoms with E-state index in [2.05, 4.69) is 0 Å². The van der Waals surface area contributed by atoms with Crippen molar-refractivity contribution in [1.29, 1.82) is 0 Å². The first-order chi connectivity index (χ1) is 11.3. The van der Waals surface area contributed by atoms with Crippen LogP contribution in [-0.4, -0.2) is 44.6 Å². The summed E-state index contributed by atoms with van der Waals surface area (Å²) in [5, 5.41) is 0. The van der Waals surface area contributed by atoms with Crippen LogP contribution < -0.4 is 4.31 Å². The molecule has 0 unspecified atom stereocenters. The van der Waals surface area contributed by atoms with E-state index in [0.717, 1.165) is 43.5 Å². The molecule has 1 saturated heterocycles. The Morgan fingerprint density at radius 3 is 2.38 bits per heavy atom. The molecule has 1 aliphatic heterocycles. The third kappa shape index (κ3) is 4.09. The minimum absolute atomic E-state index is 0.0801. The standard InChI is InChI=1S/C18H28N2O3S/c1-5-16(18(21)19-11-7-6-8-12-19)20(24(4,22)23)17-13-14(2)9-10-15(17)3/h9-10,13,16H,5-8,11-12H2,1-4H3/t16-/m1/s1. The largest absolute Gasteiger partial charge is 0.341 e. The Morgan fingerprint density at radius 2 is 1.83 bits per heavy atom. The van der Waals surface area contributed by atoms with Gasteiger partial charge in [0, 0.05) is 13.1 Å². The molecule has 24 heavy (non-hydrogen) atoms. The van der Waals surface area contributed by atoms with Crippen LogP contribution >= 0.6 is 0 Å². The molecule has 0 bridgehead atoms. The SMILES string of the molecule is CC[C@H](C(=O)N1CCCCC1)N(c1cc(C)ccc1C)S(C)(=O)=O. The van der Waals surface area contributed by atoms with Crippen molar-refractivity contribution < 1.29 is 13.2 Å². The lowest BCUT2D eigenvalue weighted by Crippen LogP contribution is -2.52. The molecule has 0 N–H and O–H groups in total. The molecular formula is C18H28N2O3S. The molecule has 0 saturated carbocycles. The summed E-state index contributed by atoms with van der Waals surface area (Å²) in [6.07, 6.45) is 4.75. The molecular weight excluding hydrogens is 324 g/mol. The van der Waals surface area contributed by atoms with Gasteiger partial charge in [-0.15, -0.1) is 0 Å². The van der Waals surface area contributed by atoms with E-state index >= 15 is 0 Å². The van der Waals surface area contributed by atoms with Crippen molar-refractivity contribution in [3.8, 4) is 0 Å². The van der Waals surface area contributed by atoms with Crippen LogP contribution in [0, 0.1) is 13.8 Å². The van der Waals surface area contributed by atoms with E-state index < -0.39 is 16.1 Å². The highest BCUT2D eigenvalue weighted by Gasteiger charge is 2.35. The summed E-state index contributed by atoms with van der Waals surface area (Å²) < 4.78 is 26.4. The maximum Gasteiger partial charge on any atom is 0.246 e. The molecule has 2 rings (SSSR count). The Morgan fingerprint density at radius 1 is 1.21 bits per heavy atom. The quantitative estimate of drug-likeness (QED) is 0.819. The predicted molar refractivity (Wildman–Crippen MR) is 97.7 cm³/mol. The summed E-state index contributed by atoms with van der Waals surface area (Å²) in [6, 6.07) is 5.02. The number of sulfonamides is 1. The van der Waals surface area contributed by atoms with Crippen molar-refractivity contribution >= 4 is 21.6 Å². The number of nitrogens with zero attached hydrogens (tertiary/aromatic N) is 2. The maximum absolute atomic E-state index is 13.0. The summed E-state index contributed by atoms with van der Waals surface area (Å²) in [4.78, 5) is 14.8. The number of likely N-dealkylation sites (tertiary alicyclic amines) is 1. The lowest BCUT2D eigenvalue weighted by molar-refractivity contribution is -0.133. The van der Waals surface area contributed by atoms with E-state index in [1.54, 1.807) is 0 Å². The van der Waals surface area contributed by atoms with Gasteiger partial charge in [-0.3, -0.25) is 9.10 Å². The molecule has 1 aliphatic rings. The van der Waals surface area contributed by atoms with Crippen LogP contribution in [0.5, 0.6) is 0 Å². The van der Waals surface area contributed by atoms with Gasteiger partial charge in [0.2, 0.25) is 15.9 Å². The third-order valence-electron chi connectivity index (χ3n) is 4.58. The Hall–Kier alpha value is -1.56. The lowest BCUT2D eigenvalue weighted by Gasteiger charge is -2.36. The topological polar surface area (TPSA) is 57.7 Å². The van der Waals surface area contributed by atoms with Gasteiger partial charge in [-0.25, -0.2) is 8.42 Å². The fourth-order valence-corrected chi connectivity index (χ4v) is 4.56. The van der Waals surface area contributed by atoms with Gasteiger partial charge in [0.1, 0.15) is 6.04 Å². The summed E-state index contributed by atoms with van der Waals surface area (Å²) in [7, 11) is -3.57. The zero-order valence-electron chi connectivity index (χ0n) is 15.1. The van der Waals surface area contributed by atoms with Crippen molar-refractivity contribution in [2.45, 2.75) is 52.5 Å². The van der Waals surface area contributed by atoms with Gasteiger partial charge in [0.05, 0.1) is 11.9 Å². The summed E-state index contributed by atoms with van der Waals surface area (Å²) in [5.41, 5.74) is 2.44. The van der Waals surface area contributed by atoms with Crippen molar-refractivity contribution in [3.05, 3.63) is 29.3 Å². The minimum Gasteiger partial charge on any atom is -0.341 e. The number of carbonyl (C=O) groups is 1. The third-order valence-corrected chi connectivity index (χ3v) is 5.75. The van der Waals surface area contributed by atoms with Gasteiger partial charge >= 0.3 is 0 Å². The zero-order valence-corrected chi connectivity index (χ0v) is 15.9. The number of amides is 1. The summed E-state index contributed by atoms with van der Waals surface area (Å²) in [5.74, 6) is -0.0801. The van der Waals surface area contributed by atoms with Crippen LogP contribution in [0.1, 0.15) is 43.7 Å². The average Bonchev–Trinajstić information content (AvgIpc) is 2.54. The van der Waals surface area contributed by atoms with Crippen molar-refractivity contribution in [3.63, 3.8) is 0 Å². The second-order valence-electron chi connectivity index (χ2n) is 6.66. The highest BCUT2D eigenvalue weighted by molar-refractivity contribution is 7.92. The second-order valence-corrected chi connectivity index (χ2v) is 8.52. The van der Waals surface area contributed by atoms with E-state index in [9.17, 15) is 13.2 Å². The lowest BCUT2D eigenvalue weighted by atomic mass is 10.1. The molecule has 1 amide bonds. The Bertz CT molecular complexity index is 694. The Kier molecular flexibility index (Phi) is 5.91. The molecule has 0 spiro atoms. The minimum atomic E-state index is -3.57. The zero-order chi connectivity index (χ0) is 17.9. The van der Waals surface area contributed by atoms with E-state index in [0.29, 0.717) is 12.1 Å². The van der Waals surface area contributed by atoms with Crippen LogP contribution in [-0.2, 0) is 14.8 Å². The number of aryl methyl sites for hydroxylation is 2. The van der Waals surface area contributed by atoms with E-state index in [4.69, 9.17) is 0 Å². The molecule has 1 aromatic carbocycles. The van der Waals surface area contributed by atoms with Crippen molar-refractivity contribution in [2.24, 2.45) is 0 Å². The molecule has 5 nitrogen and oxygen atoms in total. The molecule has 1 aromatic rings. The first-order valence-electron chi connectivity index (χ1n) is 8.61. The first-order valence-corrected chi connectivity index (χ1v) is 10.5. The molecule has 134 valence electrons. The summed E-state index contributed by atoms with van der Waals surface area (Å²) in [6.45, 7) is 7.12. The number of anilines is 1. The first kappa shape index (κ1) is 18.8. The van der Waals surface area contributed by atoms with Gasteiger partial charge in [0.15, 0.2) is 0 Å². The van der Waals surface area contributed by atoms with Gasteiger partial charge in [-0.1, -0.05) is 19.1 Å². The smallest absolute Gasteiger partial charge is 0.246 e. The molecule has 1 fully saturated rings. The number of rotatable bonds is 5. The van der Waals surface area contributed by atoms with Crippen LogP contribution in [0.3, 0.4) is 0 Å². The summed E-state index contributed by atoms with van der Waals surface area (Å²) >= 11 is 0. The van der Waals surface area contributed by atoms with Crippen LogP contribution in [0.4, 0.5) is 5.69 Å². The van der Waals surface area contributed by atoms with Gasteiger partial charge in [0.25, 0.3) is 0 Å². The Balaban J connectivity index is 2.45. The highest BCUT2D eigenvalue weighted by atomic mass is 32.2. The van der Waals surface area contributed by atoms with Crippen LogP contribution in [0.25, 0.3) is 0 Å². The maximum atomic E-state index is 13.0. The normalized spacial score (nSPS) is 16.8. The van der Waals surface area contributed by atoms with Gasteiger partial charge in [-0.2, -0.15) is 0 Å². The molecule has 6 heteroatoms. The molecule has 0 aliphatic carbocycles. The second kappa shape index (κ2) is 7.55. The van der Waals surface area contributed by atoms with Crippen molar-refractivity contribution in [2.75, 3.05) is 23.7 Å². The number of benzene rings is 1. The monoisotopic (exact) mass is 352 g/mol. The highest BCUT2D eigenvalue weighted by Crippen LogP contribution is 2.28. The number of hydrogen-bond acceptors (Lipinski definition) is 3. The van der Waals surface area contributed by atoms with Crippen LogP contribution in [0.2, 0.25) is 0 Å². The molecule has 0 aromatic heterocycles. The fraction of sp³-hybridized carbons (Fsp3) is 0.611. The molecule has 0 radical (unpaired) electrons. The molecule has 1 heterocycles. The fourth-order valence-electron chi connectivity index (χ4n) is 3.30. The van der Waals surface area contributed by atoms with E-state index in [1.807, 2.05) is 43.9 Å². The van der Waals surface area contributed by atoms with Crippen molar-refractivity contribution in [1.82, 2.24) is 4.90 Å². The van der Waals surface area contributed by atoms with E-state index in [1.165, 1.54) is 10.6 Å². The number of piperidine rings is 1. The number of hydrogen-bond donors (Lipinski definition) is 0.